The number of halogens is 2. The van der Waals surface area contributed by atoms with Gasteiger partial charge >= 0.3 is 6.03 Å². The Bertz CT molecular complexity index is 1140. The van der Waals surface area contributed by atoms with E-state index in [0.717, 1.165) is 11.3 Å². The van der Waals surface area contributed by atoms with Crippen LogP contribution < -0.4 is 10.6 Å². The lowest BCUT2D eigenvalue weighted by atomic mass is 10.1. The Balaban J connectivity index is 1.65. The van der Waals surface area contributed by atoms with Crippen LogP contribution in [-0.2, 0) is 0 Å². The number of nitrogens with zero attached hydrogens (tertiary/aromatic N) is 2. The Morgan fingerprint density at radius 1 is 0.828 bits per heavy atom. The first kappa shape index (κ1) is 19.1. The van der Waals surface area contributed by atoms with Crippen molar-refractivity contribution in [2.45, 2.75) is 0 Å². The van der Waals surface area contributed by atoms with E-state index in [1.54, 1.807) is 29.1 Å². The molecule has 0 atom stereocenters. The molecule has 4 aromatic rings. The van der Waals surface area contributed by atoms with Gasteiger partial charge in [-0.3, -0.25) is 0 Å². The van der Waals surface area contributed by atoms with Gasteiger partial charge in [-0.2, -0.15) is 5.10 Å². The molecule has 0 saturated heterocycles. The Morgan fingerprint density at radius 3 is 2.17 bits per heavy atom. The lowest BCUT2D eigenvalue weighted by molar-refractivity contribution is 0.262. The third-order valence-electron chi connectivity index (χ3n) is 4.21. The minimum atomic E-state index is -0.431. The van der Waals surface area contributed by atoms with E-state index >= 15 is 0 Å². The summed E-state index contributed by atoms with van der Waals surface area (Å²) >= 11 is 12.1. The SMILES string of the molecule is O=C(Nc1ccc(Cl)cc1Cl)Nc1cn(-c2ccccc2)nc1-c1ccccc1. The molecule has 0 unspecified atom stereocenters. The molecule has 2 amide bonds. The smallest absolute Gasteiger partial charge is 0.306 e. The van der Waals surface area contributed by atoms with E-state index in [4.69, 9.17) is 23.2 Å². The molecule has 0 radical (unpaired) electrons. The number of carbonyl (C=O) groups is 1. The minimum absolute atomic E-state index is 0.357. The molecule has 144 valence electrons. The Hall–Kier alpha value is -3.28. The second kappa shape index (κ2) is 8.39. The number of para-hydroxylation sites is 1. The number of anilines is 2. The van der Waals surface area contributed by atoms with Crippen LogP contribution in [0.2, 0.25) is 10.0 Å². The molecule has 0 aliphatic carbocycles. The predicted octanol–water partition coefficient (Wildman–Crippen LogP) is 6.49. The number of carbonyl (C=O) groups excluding carboxylic acids is 1. The Labute approximate surface area is 177 Å². The van der Waals surface area contributed by atoms with Crippen LogP contribution in [-0.4, -0.2) is 15.8 Å². The minimum Gasteiger partial charge on any atom is -0.306 e. The van der Waals surface area contributed by atoms with E-state index < -0.39 is 6.03 Å². The van der Waals surface area contributed by atoms with Crippen molar-refractivity contribution in [2.75, 3.05) is 10.6 Å². The molecular weight excluding hydrogens is 407 g/mol. The average molecular weight is 423 g/mol. The zero-order chi connectivity index (χ0) is 20.2. The highest BCUT2D eigenvalue weighted by molar-refractivity contribution is 6.36. The highest BCUT2D eigenvalue weighted by Gasteiger charge is 2.15. The number of urea groups is 1. The zero-order valence-electron chi connectivity index (χ0n) is 15.1. The van der Waals surface area contributed by atoms with E-state index in [1.807, 2.05) is 60.7 Å². The van der Waals surface area contributed by atoms with Crippen LogP contribution in [0.25, 0.3) is 16.9 Å². The molecule has 0 saturated carbocycles. The topological polar surface area (TPSA) is 59.0 Å². The largest absolute Gasteiger partial charge is 0.323 e. The van der Waals surface area contributed by atoms with Crippen molar-refractivity contribution in [3.8, 4) is 16.9 Å². The highest BCUT2D eigenvalue weighted by atomic mass is 35.5. The summed E-state index contributed by atoms with van der Waals surface area (Å²) in [5.74, 6) is 0. The van der Waals surface area contributed by atoms with Gasteiger partial charge in [0.2, 0.25) is 0 Å². The fourth-order valence-electron chi connectivity index (χ4n) is 2.85. The first-order valence-electron chi connectivity index (χ1n) is 8.84. The van der Waals surface area contributed by atoms with Crippen LogP contribution in [0.1, 0.15) is 0 Å². The monoisotopic (exact) mass is 422 g/mol. The number of aromatic nitrogens is 2. The molecule has 0 aliphatic heterocycles. The second-order valence-electron chi connectivity index (χ2n) is 6.24. The molecule has 3 aromatic carbocycles. The lowest BCUT2D eigenvalue weighted by Crippen LogP contribution is -2.19. The molecule has 2 N–H and O–H groups in total. The summed E-state index contributed by atoms with van der Waals surface area (Å²) in [4.78, 5) is 12.6. The Kier molecular flexibility index (Phi) is 5.51. The third-order valence-corrected chi connectivity index (χ3v) is 4.76. The summed E-state index contributed by atoms with van der Waals surface area (Å²) in [6, 6.07) is 23.8. The van der Waals surface area contributed by atoms with Crippen LogP contribution in [0, 0.1) is 0 Å². The fraction of sp³-hybridized carbons (Fsp3) is 0. The quantitative estimate of drug-likeness (QED) is 0.394. The van der Waals surface area contributed by atoms with Crippen molar-refractivity contribution in [3.63, 3.8) is 0 Å². The van der Waals surface area contributed by atoms with Gasteiger partial charge in [-0.15, -0.1) is 0 Å². The van der Waals surface area contributed by atoms with Crippen LogP contribution in [0.5, 0.6) is 0 Å². The molecule has 0 spiro atoms. The maximum atomic E-state index is 12.6. The molecule has 4 rings (SSSR count). The van der Waals surface area contributed by atoms with Gasteiger partial charge in [0.25, 0.3) is 0 Å². The lowest BCUT2D eigenvalue weighted by Gasteiger charge is -2.09. The number of amides is 2. The summed E-state index contributed by atoms with van der Waals surface area (Å²) in [5, 5.41) is 11.1. The number of rotatable bonds is 4. The number of hydrogen-bond donors (Lipinski definition) is 2. The number of nitrogens with one attached hydrogen (secondary N) is 2. The van der Waals surface area contributed by atoms with Crippen LogP contribution in [0.4, 0.5) is 16.2 Å². The zero-order valence-corrected chi connectivity index (χ0v) is 16.7. The van der Waals surface area contributed by atoms with E-state index in [0.29, 0.717) is 27.1 Å². The van der Waals surface area contributed by atoms with E-state index in [-0.39, 0.29) is 0 Å². The summed E-state index contributed by atoms with van der Waals surface area (Å²) in [5.41, 5.74) is 3.47. The average Bonchev–Trinajstić information content (AvgIpc) is 3.15. The van der Waals surface area contributed by atoms with Gasteiger partial charge in [0.15, 0.2) is 0 Å². The maximum Gasteiger partial charge on any atom is 0.323 e. The molecular formula is C22H16Cl2N4O. The molecule has 29 heavy (non-hydrogen) atoms. The van der Waals surface area contributed by atoms with Crippen molar-refractivity contribution < 1.29 is 4.79 Å². The summed E-state index contributed by atoms with van der Waals surface area (Å²) < 4.78 is 1.73. The number of benzene rings is 3. The molecule has 0 bridgehead atoms. The van der Waals surface area contributed by atoms with Crippen LogP contribution in [0.3, 0.4) is 0 Å². The van der Waals surface area contributed by atoms with Crippen LogP contribution >= 0.6 is 23.2 Å². The molecule has 1 aromatic heterocycles. The second-order valence-corrected chi connectivity index (χ2v) is 7.08. The fourth-order valence-corrected chi connectivity index (χ4v) is 3.31. The van der Waals surface area contributed by atoms with Crippen molar-refractivity contribution >= 4 is 40.6 Å². The highest BCUT2D eigenvalue weighted by Crippen LogP contribution is 2.29. The molecule has 0 aliphatic rings. The van der Waals surface area contributed by atoms with Crippen molar-refractivity contribution in [3.05, 3.63) is 95.1 Å². The summed E-state index contributed by atoms with van der Waals surface area (Å²) in [6.07, 6.45) is 1.78. The summed E-state index contributed by atoms with van der Waals surface area (Å²) in [7, 11) is 0. The van der Waals surface area contributed by atoms with Gasteiger partial charge in [-0.25, -0.2) is 9.48 Å². The first-order valence-corrected chi connectivity index (χ1v) is 9.59. The maximum absolute atomic E-state index is 12.6. The van der Waals surface area contributed by atoms with Crippen molar-refractivity contribution in [1.29, 1.82) is 0 Å². The van der Waals surface area contributed by atoms with Gasteiger partial charge in [-0.05, 0) is 30.3 Å². The third kappa shape index (κ3) is 4.42. The van der Waals surface area contributed by atoms with Gasteiger partial charge in [-0.1, -0.05) is 71.7 Å². The molecule has 0 fully saturated rings. The predicted molar refractivity (Wildman–Crippen MR) is 118 cm³/mol. The van der Waals surface area contributed by atoms with Gasteiger partial charge in [0, 0.05) is 10.6 Å². The van der Waals surface area contributed by atoms with E-state index in [1.165, 1.54) is 0 Å². The molecule has 5 nitrogen and oxygen atoms in total. The van der Waals surface area contributed by atoms with E-state index in [9.17, 15) is 4.79 Å². The standard InChI is InChI=1S/C22H16Cl2N4O/c23-16-11-12-19(18(24)13-16)25-22(29)26-20-14-28(17-9-5-2-6-10-17)27-21(20)15-7-3-1-4-8-15/h1-14H,(H2,25,26,29). The first-order chi connectivity index (χ1) is 14.1. The van der Waals surface area contributed by atoms with Crippen LogP contribution in [0.15, 0.2) is 85.1 Å². The molecule has 7 heteroatoms. The van der Waals surface area contributed by atoms with Gasteiger partial charge in [0.05, 0.1) is 28.3 Å². The van der Waals surface area contributed by atoms with Crippen molar-refractivity contribution in [1.82, 2.24) is 9.78 Å². The normalized spacial score (nSPS) is 10.6. The van der Waals surface area contributed by atoms with Gasteiger partial charge < -0.3 is 10.6 Å². The summed E-state index contributed by atoms with van der Waals surface area (Å²) in [6.45, 7) is 0. The van der Waals surface area contributed by atoms with E-state index in [2.05, 4.69) is 15.7 Å². The van der Waals surface area contributed by atoms with Gasteiger partial charge in [0.1, 0.15) is 5.69 Å². The Morgan fingerprint density at radius 2 is 1.48 bits per heavy atom. The number of hydrogen-bond acceptors (Lipinski definition) is 2. The van der Waals surface area contributed by atoms with Crippen molar-refractivity contribution in [2.24, 2.45) is 0 Å². The molecule has 1 heterocycles.